The fraction of sp³-hybridized carbons (Fsp3) is 0.0667. The van der Waals surface area contributed by atoms with E-state index in [2.05, 4.69) is 25.4 Å². The first-order valence-electron chi connectivity index (χ1n) is 7.57. The summed E-state index contributed by atoms with van der Waals surface area (Å²) in [5.41, 5.74) is 6.85. The molecule has 0 spiro atoms. The molecule has 0 aliphatic heterocycles. The van der Waals surface area contributed by atoms with Crippen LogP contribution in [0.25, 0.3) is 16.2 Å². The number of nitrogens with one attached hydrogen (secondary N) is 1. The molecule has 136 valence electrons. The topological polar surface area (TPSA) is 146 Å². The number of fused-ring (bicyclic) bond motifs is 1. The number of benzene rings is 1. The highest BCUT2D eigenvalue weighted by Gasteiger charge is 2.22. The third-order valence-corrected chi connectivity index (χ3v) is 4.53. The first-order chi connectivity index (χ1) is 13.1. The summed E-state index contributed by atoms with van der Waals surface area (Å²) in [6.45, 7) is 0. The quantitative estimate of drug-likeness (QED) is 0.391. The Morgan fingerprint density at radius 3 is 3.00 bits per heavy atom. The SMILES string of the molecule is COc1cccc(-c2csc3nc(Nc4ncnc(N)c4[N+](=O)[O-])nn23)c1. The van der Waals surface area contributed by atoms with E-state index in [9.17, 15) is 10.1 Å². The highest BCUT2D eigenvalue weighted by atomic mass is 32.1. The molecule has 4 rings (SSSR count). The fourth-order valence-electron chi connectivity index (χ4n) is 2.48. The van der Waals surface area contributed by atoms with Crippen LogP contribution in [0.3, 0.4) is 0 Å². The number of nitro groups is 1. The fourth-order valence-corrected chi connectivity index (χ4v) is 3.32. The van der Waals surface area contributed by atoms with Gasteiger partial charge < -0.3 is 15.8 Å². The number of hydrogen-bond donors (Lipinski definition) is 2. The van der Waals surface area contributed by atoms with E-state index in [1.807, 2.05) is 29.6 Å². The minimum absolute atomic E-state index is 0.0753. The van der Waals surface area contributed by atoms with Crippen LogP contribution in [-0.4, -0.2) is 36.6 Å². The second kappa shape index (κ2) is 6.49. The Kier molecular flexibility index (Phi) is 4.01. The van der Waals surface area contributed by atoms with Gasteiger partial charge in [0.1, 0.15) is 12.1 Å². The first-order valence-corrected chi connectivity index (χ1v) is 8.45. The Morgan fingerprint density at radius 1 is 1.37 bits per heavy atom. The summed E-state index contributed by atoms with van der Waals surface area (Å²) in [6, 6.07) is 7.53. The molecule has 12 heteroatoms. The maximum Gasteiger partial charge on any atom is 0.353 e. The maximum atomic E-state index is 11.2. The molecule has 4 aromatic rings. The number of ether oxygens (including phenoxy) is 1. The second-order valence-electron chi connectivity index (χ2n) is 5.32. The molecular formula is C15H12N8O3S. The van der Waals surface area contributed by atoms with E-state index in [4.69, 9.17) is 10.5 Å². The molecule has 3 N–H and O–H groups in total. The molecule has 0 aliphatic carbocycles. The molecule has 27 heavy (non-hydrogen) atoms. The number of nitrogen functional groups attached to an aromatic ring is 1. The predicted molar refractivity (Wildman–Crippen MR) is 99.2 cm³/mol. The van der Waals surface area contributed by atoms with Gasteiger partial charge in [-0.05, 0) is 12.1 Å². The highest BCUT2D eigenvalue weighted by Crippen LogP contribution is 2.31. The maximum absolute atomic E-state index is 11.2. The summed E-state index contributed by atoms with van der Waals surface area (Å²) in [7, 11) is 1.60. The monoisotopic (exact) mass is 384 g/mol. The molecule has 1 aromatic carbocycles. The Labute approximate surface area is 155 Å². The minimum atomic E-state index is -0.655. The molecule has 3 heterocycles. The summed E-state index contributed by atoms with van der Waals surface area (Å²) in [5.74, 6) is 0.564. The molecule has 0 fully saturated rings. The standard InChI is InChI=1S/C15H12N8O3S/c1-26-9-4-2-3-8(5-9)10-6-27-15-20-14(21-22(10)15)19-13-11(23(24)25)12(16)17-7-18-13/h2-7H,1H3,(H3,16,17,18,19,21). The molecule has 0 bridgehead atoms. The van der Waals surface area contributed by atoms with Gasteiger partial charge in [-0.15, -0.1) is 16.4 Å². The van der Waals surface area contributed by atoms with Gasteiger partial charge >= 0.3 is 5.69 Å². The molecule has 0 unspecified atom stereocenters. The summed E-state index contributed by atoms with van der Waals surface area (Å²) < 4.78 is 6.89. The number of methoxy groups -OCH3 is 1. The smallest absolute Gasteiger partial charge is 0.353 e. The molecule has 0 amide bonds. The number of nitrogens with two attached hydrogens (primary N) is 1. The van der Waals surface area contributed by atoms with E-state index in [0.717, 1.165) is 23.3 Å². The van der Waals surface area contributed by atoms with Crippen LogP contribution in [0.5, 0.6) is 5.75 Å². The largest absolute Gasteiger partial charge is 0.497 e. The van der Waals surface area contributed by atoms with Crippen LogP contribution in [0.15, 0.2) is 36.0 Å². The first kappa shape index (κ1) is 16.7. The van der Waals surface area contributed by atoms with E-state index in [1.165, 1.54) is 11.3 Å². The van der Waals surface area contributed by atoms with E-state index in [-0.39, 0.29) is 17.6 Å². The summed E-state index contributed by atoms with van der Waals surface area (Å²) in [5, 5.41) is 20.2. The van der Waals surface area contributed by atoms with Crippen LogP contribution < -0.4 is 15.8 Å². The summed E-state index contributed by atoms with van der Waals surface area (Å²) in [4.78, 5) is 23.0. The van der Waals surface area contributed by atoms with Crippen molar-refractivity contribution in [2.24, 2.45) is 0 Å². The molecule has 0 radical (unpaired) electrons. The lowest BCUT2D eigenvalue weighted by Crippen LogP contribution is -2.05. The zero-order valence-electron chi connectivity index (χ0n) is 13.9. The Morgan fingerprint density at radius 2 is 2.22 bits per heavy atom. The van der Waals surface area contributed by atoms with Crippen molar-refractivity contribution in [1.82, 2.24) is 24.6 Å². The van der Waals surface area contributed by atoms with Crippen LogP contribution in [-0.2, 0) is 0 Å². The van der Waals surface area contributed by atoms with Crippen molar-refractivity contribution in [3.63, 3.8) is 0 Å². The number of aromatic nitrogens is 5. The number of hydrogen-bond acceptors (Lipinski definition) is 10. The molecule has 11 nitrogen and oxygen atoms in total. The summed E-state index contributed by atoms with van der Waals surface area (Å²) >= 11 is 1.38. The molecule has 0 aliphatic rings. The van der Waals surface area contributed by atoms with Gasteiger partial charge in [0.05, 0.1) is 17.7 Å². The third kappa shape index (κ3) is 2.97. The number of rotatable bonds is 5. The Balaban J connectivity index is 1.73. The number of anilines is 3. The normalized spacial score (nSPS) is 10.9. The highest BCUT2D eigenvalue weighted by molar-refractivity contribution is 7.15. The third-order valence-electron chi connectivity index (χ3n) is 3.71. The summed E-state index contributed by atoms with van der Waals surface area (Å²) in [6.07, 6.45) is 1.13. The van der Waals surface area contributed by atoms with Gasteiger partial charge in [-0.1, -0.05) is 12.1 Å². The molecular weight excluding hydrogens is 372 g/mol. The molecule has 0 saturated carbocycles. The van der Waals surface area contributed by atoms with Crippen molar-refractivity contribution in [2.45, 2.75) is 0 Å². The van der Waals surface area contributed by atoms with Crippen molar-refractivity contribution in [1.29, 1.82) is 0 Å². The van der Waals surface area contributed by atoms with Crippen LogP contribution >= 0.6 is 11.3 Å². The van der Waals surface area contributed by atoms with Gasteiger partial charge in [-0.2, -0.15) is 4.98 Å². The Bertz CT molecular complexity index is 1160. The van der Waals surface area contributed by atoms with Crippen LogP contribution in [0.2, 0.25) is 0 Å². The van der Waals surface area contributed by atoms with Crippen molar-refractivity contribution in [3.05, 3.63) is 46.1 Å². The van der Waals surface area contributed by atoms with Crippen molar-refractivity contribution in [3.8, 4) is 17.0 Å². The van der Waals surface area contributed by atoms with Gasteiger partial charge in [0.25, 0.3) is 0 Å². The van der Waals surface area contributed by atoms with Crippen molar-refractivity contribution in [2.75, 3.05) is 18.2 Å². The number of nitrogens with zero attached hydrogens (tertiary/aromatic N) is 6. The van der Waals surface area contributed by atoms with Gasteiger partial charge in [-0.3, -0.25) is 10.1 Å². The van der Waals surface area contributed by atoms with Crippen molar-refractivity contribution < 1.29 is 9.66 Å². The van der Waals surface area contributed by atoms with Crippen LogP contribution in [0.1, 0.15) is 0 Å². The average molecular weight is 384 g/mol. The number of thiazole rings is 1. The minimum Gasteiger partial charge on any atom is -0.497 e. The van der Waals surface area contributed by atoms with E-state index >= 15 is 0 Å². The van der Waals surface area contributed by atoms with Gasteiger partial charge in [0, 0.05) is 10.9 Å². The lowest BCUT2D eigenvalue weighted by atomic mass is 10.2. The van der Waals surface area contributed by atoms with Gasteiger partial charge in [-0.25, -0.2) is 14.5 Å². The van der Waals surface area contributed by atoms with Crippen molar-refractivity contribution >= 4 is 39.6 Å². The van der Waals surface area contributed by atoms with E-state index in [1.54, 1.807) is 11.6 Å². The lowest BCUT2D eigenvalue weighted by Gasteiger charge is -2.03. The van der Waals surface area contributed by atoms with E-state index < -0.39 is 10.6 Å². The van der Waals surface area contributed by atoms with Crippen LogP contribution in [0.4, 0.5) is 23.3 Å². The Hall–Kier alpha value is -3.80. The lowest BCUT2D eigenvalue weighted by molar-refractivity contribution is -0.383. The predicted octanol–water partition coefficient (Wildman–Crippen LogP) is 2.49. The molecule has 0 saturated heterocycles. The van der Waals surface area contributed by atoms with Gasteiger partial charge in [0.15, 0.2) is 0 Å². The zero-order valence-corrected chi connectivity index (χ0v) is 14.7. The van der Waals surface area contributed by atoms with E-state index in [0.29, 0.717) is 4.96 Å². The average Bonchev–Trinajstić information content (AvgIpc) is 3.21. The second-order valence-corrected chi connectivity index (χ2v) is 6.16. The molecule has 3 aromatic heterocycles. The van der Waals surface area contributed by atoms with Crippen LogP contribution in [0, 0.1) is 10.1 Å². The van der Waals surface area contributed by atoms with Gasteiger partial charge in [0.2, 0.25) is 22.5 Å². The molecule has 0 atom stereocenters. The zero-order chi connectivity index (χ0) is 19.0.